The van der Waals surface area contributed by atoms with Crippen molar-refractivity contribution in [2.45, 2.75) is 12.5 Å². The molecule has 4 aromatic rings. The number of benzene rings is 3. The number of non-ortho nitro benzene ring substituents is 1. The first kappa shape index (κ1) is 17.7. The summed E-state index contributed by atoms with van der Waals surface area (Å²) in [7, 11) is 1.36. The van der Waals surface area contributed by atoms with Crippen LogP contribution in [0.2, 0.25) is 0 Å². The first-order chi connectivity index (χ1) is 13.6. The van der Waals surface area contributed by atoms with Crippen molar-refractivity contribution in [3.05, 3.63) is 82.7 Å². The van der Waals surface area contributed by atoms with Gasteiger partial charge in [0, 0.05) is 12.1 Å². The molecule has 0 fully saturated rings. The number of nitro benzene ring substituents is 1. The molecule has 0 bridgehead atoms. The summed E-state index contributed by atoms with van der Waals surface area (Å²) in [5.74, 6) is -0.346. The van der Waals surface area contributed by atoms with E-state index in [0.29, 0.717) is 11.0 Å². The smallest absolute Gasteiger partial charge is 0.307 e. The summed E-state index contributed by atoms with van der Waals surface area (Å²) in [4.78, 5) is 27.1. The Balaban J connectivity index is 1.91. The van der Waals surface area contributed by atoms with Crippen molar-refractivity contribution in [1.82, 2.24) is 9.55 Å². The van der Waals surface area contributed by atoms with E-state index < -0.39 is 4.92 Å². The second-order valence-corrected chi connectivity index (χ2v) is 6.45. The number of nitro groups is 1. The average molecular weight is 375 g/mol. The fourth-order valence-corrected chi connectivity index (χ4v) is 3.52. The van der Waals surface area contributed by atoms with Crippen LogP contribution in [0, 0.1) is 10.1 Å². The van der Waals surface area contributed by atoms with E-state index in [-0.39, 0.29) is 24.1 Å². The minimum Gasteiger partial charge on any atom is -0.469 e. The Kier molecular flexibility index (Phi) is 4.49. The van der Waals surface area contributed by atoms with Crippen LogP contribution in [0.4, 0.5) is 5.69 Å². The van der Waals surface area contributed by atoms with E-state index in [1.54, 1.807) is 12.4 Å². The molecule has 0 spiro atoms. The molecule has 0 saturated heterocycles. The predicted molar refractivity (Wildman–Crippen MR) is 105 cm³/mol. The average Bonchev–Trinajstić information content (AvgIpc) is 3.14. The SMILES string of the molecule is COC(=O)CC(c1cccc2ccccc12)n1cnc2cc([N+](=O)[O-])ccc21. The number of carbonyl (C=O) groups is 1. The first-order valence-electron chi connectivity index (χ1n) is 8.74. The molecule has 7 nitrogen and oxygen atoms in total. The van der Waals surface area contributed by atoms with Crippen LogP contribution in [0.3, 0.4) is 0 Å². The summed E-state index contributed by atoms with van der Waals surface area (Å²) in [6.45, 7) is 0. The topological polar surface area (TPSA) is 87.3 Å². The lowest BCUT2D eigenvalue weighted by atomic mass is 9.96. The van der Waals surface area contributed by atoms with Crippen molar-refractivity contribution < 1.29 is 14.5 Å². The van der Waals surface area contributed by atoms with Gasteiger partial charge >= 0.3 is 5.97 Å². The Morgan fingerprint density at radius 3 is 2.75 bits per heavy atom. The van der Waals surface area contributed by atoms with Gasteiger partial charge in [-0.1, -0.05) is 42.5 Å². The highest BCUT2D eigenvalue weighted by molar-refractivity contribution is 5.87. The van der Waals surface area contributed by atoms with Crippen molar-refractivity contribution in [3.63, 3.8) is 0 Å². The summed E-state index contributed by atoms with van der Waals surface area (Å²) < 4.78 is 6.79. The number of ether oxygens (including phenoxy) is 1. The highest BCUT2D eigenvalue weighted by Gasteiger charge is 2.23. The first-order valence-corrected chi connectivity index (χ1v) is 8.74. The molecule has 1 aromatic heterocycles. The quantitative estimate of drug-likeness (QED) is 0.296. The van der Waals surface area contributed by atoms with E-state index in [0.717, 1.165) is 16.3 Å². The second kappa shape index (κ2) is 7.11. The lowest BCUT2D eigenvalue weighted by Gasteiger charge is -2.21. The Bertz CT molecular complexity index is 1190. The molecule has 1 unspecified atom stereocenters. The molecule has 3 aromatic carbocycles. The number of carbonyl (C=O) groups excluding carboxylic acids is 1. The Hall–Kier alpha value is -3.74. The summed E-state index contributed by atoms with van der Waals surface area (Å²) in [6, 6.07) is 18.1. The summed E-state index contributed by atoms with van der Waals surface area (Å²) in [5.41, 5.74) is 2.16. The number of fused-ring (bicyclic) bond motifs is 2. The molecule has 0 aliphatic rings. The van der Waals surface area contributed by atoms with Crippen molar-refractivity contribution in [1.29, 1.82) is 0 Å². The van der Waals surface area contributed by atoms with Gasteiger partial charge < -0.3 is 9.30 Å². The molecule has 28 heavy (non-hydrogen) atoms. The lowest BCUT2D eigenvalue weighted by Crippen LogP contribution is -2.16. The van der Waals surface area contributed by atoms with Crippen molar-refractivity contribution in [3.8, 4) is 0 Å². The van der Waals surface area contributed by atoms with Gasteiger partial charge in [0.05, 0.1) is 41.9 Å². The molecule has 0 aliphatic carbocycles. The van der Waals surface area contributed by atoms with Crippen LogP contribution in [-0.4, -0.2) is 27.6 Å². The maximum Gasteiger partial charge on any atom is 0.307 e. The molecule has 0 amide bonds. The van der Waals surface area contributed by atoms with Crippen LogP contribution < -0.4 is 0 Å². The molecule has 1 heterocycles. The van der Waals surface area contributed by atoms with Crippen LogP contribution in [-0.2, 0) is 9.53 Å². The van der Waals surface area contributed by atoms with Gasteiger partial charge in [-0.05, 0) is 22.4 Å². The molecule has 1 atom stereocenters. The maximum absolute atomic E-state index is 12.2. The molecule has 7 heteroatoms. The molecule has 0 aliphatic heterocycles. The number of hydrogen-bond acceptors (Lipinski definition) is 5. The standard InChI is InChI=1S/C21H17N3O4/c1-28-21(25)12-20(17-8-4-6-14-5-2-3-7-16(14)17)23-13-22-18-11-15(24(26)27)9-10-19(18)23/h2-11,13,20H,12H2,1H3. The van der Waals surface area contributed by atoms with Crippen LogP contribution in [0.15, 0.2) is 67.0 Å². The predicted octanol–water partition coefficient (Wildman–Crippen LogP) is 4.25. The van der Waals surface area contributed by atoms with Crippen molar-refractivity contribution >= 4 is 33.5 Å². The van der Waals surface area contributed by atoms with E-state index in [1.807, 2.05) is 47.0 Å². The third-order valence-corrected chi connectivity index (χ3v) is 4.88. The fourth-order valence-electron chi connectivity index (χ4n) is 3.52. The zero-order valence-corrected chi connectivity index (χ0v) is 15.1. The van der Waals surface area contributed by atoms with Crippen LogP contribution in [0.25, 0.3) is 21.8 Å². The van der Waals surface area contributed by atoms with Gasteiger partial charge in [0.25, 0.3) is 5.69 Å². The molecule has 4 rings (SSSR count). The molecule has 0 N–H and O–H groups in total. The van der Waals surface area contributed by atoms with Crippen molar-refractivity contribution in [2.75, 3.05) is 7.11 Å². The third kappa shape index (κ3) is 3.07. The zero-order valence-electron chi connectivity index (χ0n) is 15.1. The Labute approximate surface area is 160 Å². The Morgan fingerprint density at radius 2 is 1.96 bits per heavy atom. The largest absolute Gasteiger partial charge is 0.469 e. The van der Waals surface area contributed by atoms with Gasteiger partial charge in [0.1, 0.15) is 0 Å². The highest BCUT2D eigenvalue weighted by atomic mass is 16.6. The Morgan fingerprint density at radius 1 is 1.18 bits per heavy atom. The molecule has 0 saturated carbocycles. The van der Waals surface area contributed by atoms with E-state index in [1.165, 1.54) is 19.2 Å². The maximum atomic E-state index is 12.2. The van der Waals surface area contributed by atoms with Gasteiger partial charge in [-0.3, -0.25) is 14.9 Å². The van der Waals surface area contributed by atoms with Crippen LogP contribution >= 0.6 is 0 Å². The minimum atomic E-state index is -0.449. The summed E-state index contributed by atoms with van der Waals surface area (Å²) in [5, 5.41) is 13.1. The molecule has 140 valence electrons. The van der Waals surface area contributed by atoms with Gasteiger partial charge in [0.15, 0.2) is 0 Å². The molecular formula is C21H17N3O4. The van der Waals surface area contributed by atoms with E-state index in [4.69, 9.17) is 4.74 Å². The van der Waals surface area contributed by atoms with Crippen LogP contribution in [0.1, 0.15) is 18.0 Å². The molecular weight excluding hydrogens is 358 g/mol. The van der Waals surface area contributed by atoms with E-state index in [9.17, 15) is 14.9 Å². The lowest BCUT2D eigenvalue weighted by molar-refractivity contribution is -0.384. The van der Waals surface area contributed by atoms with Gasteiger partial charge in [-0.25, -0.2) is 4.98 Å². The van der Waals surface area contributed by atoms with Crippen molar-refractivity contribution in [2.24, 2.45) is 0 Å². The number of nitrogens with zero attached hydrogens (tertiary/aromatic N) is 3. The number of methoxy groups -OCH3 is 1. The van der Waals surface area contributed by atoms with Gasteiger partial charge in [0.2, 0.25) is 0 Å². The third-order valence-electron chi connectivity index (χ3n) is 4.88. The number of esters is 1. The summed E-state index contributed by atoms with van der Waals surface area (Å²) in [6.07, 6.45) is 1.73. The van der Waals surface area contributed by atoms with Crippen LogP contribution in [0.5, 0.6) is 0 Å². The monoisotopic (exact) mass is 375 g/mol. The zero-order chi connectivity index (χ0) is 19.7. The fraction of sp³-hybridized carbons (Fsp3) is 0.143. The normalized spacial score (nSPS) is 12.2. The molecule has 0 radical (unpaired) electrons. The number of rotatable bonds is 5. The number of aromatic nitrogens is 2. The minimum absolute atomic E-state index is 0.0209. The number of imidazole rings is 1. The van der Waals surface area contributed by atoms with E-state index in [2.05, 4.69) is 4.98 Å². The van der Waals surface area contributed by atoms with Gasteiger partial charge in [-0.2, -0.15) is 0 Å². The van der Waals surface area contributed by atoms with E-state index >= 15 is 0 Å². The second-order valence-electron chi connectivity index (χ2n) is 6.45. The highest BCUT2D eigenvalue weighted by Crippen LogP contribution is 2.32. The van der Waals surface area contributed by atoms with Gasteiger partial charge in [-0.15, -0.1) is 0 Å². The summed E-state index contributed by atoms with van der Waals surface area (Å²) >= 11 is 0. The number of hydrogen-bond donors (Lipinski definition) is 0.